The van der Waals surface area contributed by atoms with Gasteiger partial charge in [-0.25, -0.2) is 19.6 Å². The molecule has 1 aromatic heterocycles. The molecule has 33 heavy (non-hydrogen) atoms. The van der Waals surface area contributed by atoms with Crippen LogP contribution in [0.25, 0.3) is 10.6 Å². The van der Waals surface area contributed by atoms with Crippen LogP contribution in [0.4, 0.5) is 8.78 Å². The summed E-state index contributed by atoms with van der Waals surface area (Å²) in [5, 5.41) is 0.798. The van der Waals surface area contributed by atoms with Crippen LogP contribution in [0.2, 0.25) is 0 Å². The van der Waals surface area contributed by atoms with Gasteiger partial charge in [-0.2, -0.15) is 0 Å². The average Bonchev–Trinajstić information content (AvgIpc) is 3.22. The van der Waals surface area contributed by atoms with Gasteiger partial charge in [0.15, 0.2) is 0 Å². The van der Waals surface area contributed by atoms with Gasteiger partial charge in [-0.1, -0.05) is 49.7 Å². The van der Waals surface area contributed by atoms with Gasteiger partial charge in [-0.15, -0.1) is 11.3 Å². The predicted octanol–water partition coefficient (Wildman–Crippen LogP) is 5.77. The number of unbranched alkanes of at least 4 members (excludes halogenated alkanes) is 1. The summed E-state index contributed by atoms with van der Waals surface area (Å²) in [5.74, 6) is 2.77. The van der Waals surface area contributed by atoms with Crippen LogP contribution in [0.1, 0.15) is 54.8 Å². The van der Waals surface area contributed by atoms with E-state index in [4.69, 9.17) is 15.6 Å². The van der Waals surface area contributed by atoms with Gasteiger partial charge in [-0.05, 0) is 37.0 Å². The first-order valence-corrected chi connectivity index (χ1v) is 11.8. The Bertz CT molecular complexity index is 1060. The number of thiazole rings is 1. The van der Waals surface area contributed by atoms with Crippen LogP contribution in [0.3, 0.4) is 0 Å². The lowest BCUT2D eigenvalue weighted by Crippen LogP contribution is -2.30. The molecule has 0 aliphatic heterocycles. The highest BCUT2D eigenvalue weighted by atomic mass is 32.1. The summed E-state index contributed by atoms with van der Waals surface area (Å²) in [5.41, 5.74) is 4.91. The molecule has 0 spiro atoms. The van der Waals surface area contributed by atoms with Crippen molar-refractivity contribution in [2.24, 2.45) is 5.84 Å². The SMILES string of the molecule is CCCCc1nc(-c2ccc(C(C)(F)F)cc2)sc1COc1cccc(CCC(=O)NN)c1. The third kappa shape index (κ3) is 7.07. The van der Waals surface area contributed by atoms with Crippen molar-refractivity contribution < 1.29 is 18.3 Å². The Morgan fingerprint density at radius 3 is 2.61 bits per heavy atom. The van der Waals surface area contributed by atoms with Crippen molar-refractivity contribution in [3.63, 3.8) is 0 Å². The Kier molecular flexibility index (Phi) is 8.52. The predicted molar refractivity (Wildman–Crippen MR) is 127 cm³/mol. The van der Waals surface area contributed by atoms with E-state index in [9.17, 15) is 13.6 Å². The van der Waals surface area contributed by atoms with Crippen molar-refractivity contribution in [2.75, 3.05) is 0 Å². The highest BCUT2D eigenvalue weighted by Gasteiger charge is 2.24. The Morgan fingerprint density at radius 1 is 1.18 bits per heavy atom. The van der Waals surface area contributed by atoms with Crippen LogP contribution in [0.15, 0.2) is 48.5 Å². The van der Waals surface area contributed by atoms with E-state index in [-0.39, 0.29) is 11.5 Å². The number of hydrazine groups is 1. The van der Waals surface area contributed by atoms with Gasteiger partial charge < -0.3 is 4.74 Å². The molecule has 0 aliphatic carbocycles. The van der Waals surface area contributed by atoms with Gasteiger partial charge in [-0.3, -0.25) is 10.2 Å². The van der Waals surface area contributed by atoms with E-state index in [0.29, 0.717) is 25.2 Å². The maximum absolute atomic E-state index is 13.5. The van der Waals surface area contributed by atoms with E-state index in [2.05, 4.69) is 12.3 Å². The lowest BCUT2D eigenvalue weighted by atomic mass is 10.1. The number of nitrogens with one attached hydrogen (secondary N) is 1. The number of amides is 1. The molecule has 0 unspecified atom stereocenters. The normalized spacial score (nSPS) is 11.4. The maximum Gasteiger partial charge on any atom is 0.270 e. The molecule has 5 nitrogen and oxygen atoms in total. The van der Waals surface area contributed by atoms with E-state index in [0.717, 1.165) is 52.9 Å². The number of benzene rings is 2. The second-order valence-electron chi connectivity index (χ2n) is 7.96. The molecule has 1 heterocycles. The molecule has 1 amide bonds. The number of ether oxygens (including phenoxy) is 1. The molecule has 0 aliphatic rings. The van der Waals surface area contributed by atoms with Crippen molar-refractivity contribution in [1.29, 1.82) is 0 Å². The van der Waals surface area contributed by atoms with E-state index < -0.39 is 5.92 Å². The molecule has 0 bridgehead atoms. The van der Waals surface area contributed by atoms with Crippen molar-refractivity contribution >= 4 is 17.2 Å². The van der Waals surface area contributed by atoms with Crippen LogP contribution in [0.5, 0.6) is 5.75 Å². The number of hydrogen-bond acceptors (Lipinski definition) is 5. The van der Waals surface area contributed by atoms with E-state index >= 15 is 0 Å². The summed E-state index contributed by atoms with van der Waals surface area (Å²) >= 11 is 1.53. The minimum Gasteiger partial charge on any atom is -0.488 e. The van der Waals surface area contributed by atoms with E-state index in [1.165, 1.54) is 23.5 Å². The summed E-state index contributed by atoms with van der Waals surface area (Å²) in [6, 6.07) is 13.9. The number of carbonyl (C=O) groups is 1. The maximum atomic E-state index is 13.5. The van der Waals surface area contributed by atoms with Gasteiger partial charge in [0.2, 0.25) is 5.91 Å². The zero-order valence-electron chi connectivity index (χ0n) is 18.9. The van der Waals surface area contributed by atoms with Crippen molar-refractivity contribution in [3.05, 3.63) is 70.2 Å². The molecule has 0 saturated carbocycles. The number of halogens is 2. The fourth-order valence-electron chi connectivity index (χ4n) is 3.33. The van der Waals surface area contributed by atoms with Crippen LogP contribution >= 0.6 is 11.3 Å². The topological polar surface area (TPSA) is 77.2 Å². The number of aromatic nitrogens is 1. The zero-order valence-corrected chi connectivity index (χ0v) is 19.7. The number of rotatable bonds is 11. The molecule has 0 radical (unpaired) electrons. The Labute approximate surface area is 197 Å². The van der Waals surface area contributed by atoms with Crippen LogP contribution in [-0.2, 0) is 30.2 Å². The van der Waals surface area contributed by atoms with Crippen molar-refractivity contribution in [2.45, 2.75) is 58.5 Å². The first kappa shape index (κ1) is 24.8. The van der Waals surface area contributed by atoms with Gasteiger partial charge in [0.05, 0.1) is 10.6 Å². The summed E-state index contributed by atoms with van der Waals surface area (Å²) in [4.78, 5) is 17.2. The summed E-state index contributed by atoms with van der Waals surface area (Å²) < 4.78 is 33.1. The Balaban J connectivity index is 1.74. The van der Waals surface area contributed by atoms with E-state index in [1.807, 2.05) is 24.3 Å². The lowest BCUT2D eigenvalue weighted by Gasteiger charge is -2.10. The monoisotopic (exact) mass is 473 g/mol. The number of nitrogens with zero attached hydrogens (tertiary/aromatic N) is 1. The third-order valence-electron chi connectivity index (χ3n) is 5.25. The minimum atomic E-state index is -2.87. The fourth-order valence-corrected chi connectivity index (χ4v) is 4.36. The van der Waals surface area contributed by atoms with Crippen molar-refractivity contribution in [1.82, 2.24) is 10.4 Å². The molecular formula is C25H29F2N3O2S. The highest BCUT2D eigenvalue weighted by Crippen LogP contribution is 2.33. The third-order valence-corrected chi connectivity index (χ3v) is 6.37. The minimum absolute atomic E-state index is 0.0126. The lowest BCUT2D eigenvalue weighted by molar-refractivity contribution is -0.121. The second kappa shape index (κ2) is 11.3. The molecular weight excluding hydrogens is 444 g/mol. The molecule has 8 heteroatoms. The van der Waals surface area contributed by atoms with Gasteiger partial charge >= 0.3 is 0 Å². The van der Waals surface area contributed by atoms with E-state index in [1.54, 1.807) is 12.1 Å². The molecule has 2 aromatic carbocycles. The summed E-state index contributed by atoms with van der Waals surface area (Å²) in [6.07, 6.45) is 3.77. The summed E-state index contributed by atoms with van der Waals surface area (Å²) in [6.45, 7) is 3.39. The molecule has 3 N–H and O–H groups in total. The fraction of sp³-hybridized carbons (Fsp3) is 0.360. The largest absolute Gasteiger partial charge is 0.488 e. The first-order valence-electron chi connectivity index (χ1n) is 11.0. The van der Waals surface area contributed by atoms with Crippen molar-refractivity contribution in [3.8, 4) is 16.3 Å². The number of carbonyl (C=O) groups excluding carboxylic acids is 1. The number of nitrogens with two attached hydrogens (primary N) is 1. The standard InChI is InChI=1S/C25H29F2N3O2S/c1-3-4-8-21-22(16-32-20-7-5-6-17(15-20)9-14-23(31)30-28)33-24(29-21)18-10-12-19(13-11-18)25(2,26)27/h5-7,10-13,15H,3-4,8-9,14,16,28H2,1-2H3,(H,30,31). The van der Waals surface area contributed by atoms with Gasteiger partial charge in [0.25, 0.3) is 5.92 Å². The first-order chi connectivity index (χ1) is 15.8. The quantitative estimate of drug-likeness (QED) is 0.211. The molecule has 0 fully saturated rings. The molecule has 3 rings (SSSR count). The van der Waals surface area contributed by atoms with Crippen LogP contribution in [0, 0.1) is 0 Å². The van der Waals surface area contributed by atoms with Crippen LogP contribution < -0.4 is 16.0 Å². The Morgan fingerprint density at radius 2 is 1.94 bits per heavy atom. The summed E-state index contributed by atoms with van der Waals surface area (Å²) in [7, 11) is 0. The number of alkyl halides is 2. The second-order valence-corrected chi connectivity index (χ2v) is 9.05. The Hall–Kier alpha value is -2.84. The molecule has 176 valence electrons. The van der Waals surface area contributed by atoms with Crippen LogP contribution in [-0.4, -0.2) is 10.9 Å². The average molecular weight is 474 g/mol. The van der Waals surface area contributed by atoms with Gasteiger partial charge in [0, 0.05) is 24.5 Å². The molecule has 0 atom stereocenters. The molecule has 3 aromatic rings. The smallest absolute Gasteiger partial charge is 0.270 e. The number of aryl methyl sites for hydroxylation is 2. The molecule has 0 saturated heterocycles. The zero-order chi connectivity index (χ0) is 23.8. The number of hydrogen-bond donors (Lipinski definition) is 2. The van der Waals surface area contributed by atoms with Gasteiger partial charge in [0.1, 0.15) is 17.4 Å². The highest BCUT2D eigenvalue weighted by molar-refractivity contribution is 7.15.